The van der Waals surface area contributed by atoms with E-state index in [2.05, 4.69) is 0 Å². The van der Waals surface area contributed by atoms with Crippen molar-refractivity contribution in [1.82, 2.24) is 0 Å². The van der Waals surface area contributed by atoms with E-state index in [0.717, 1.165) is 4.73 Å². The zero-order valence-corrected chi connectivity index (χ0v) is 6.73. The van der Waals surface area contributed by atoms with Crippen LogP contribution in [0.3, 0.4) is 0 Å². The van der Waals surface area contributed by atoms with Crippen LogP contribution < -0.4 is 4.73 Å². The number of hydrogen-bond donors (Lipinski definition) is 0. The highest BCUT2D eigenvalue weighted by molar-refractivity contribution is 6.16. The number of hydrogen-bond acceptors (Lipinski definition) is 1. The molecular weight excluding hydrogens is 173 g/mol. The molecule has 2 nitrogen and oxygen atoms in total. The summed E-state index contributed by atoms with van der Waals surface area (Å²) in [6, 6.07) is 5.15. The minimum atomic E-state index is 0. The first-order valence-corrected chi connectivity index (χ1v) is 3.11. The molecule has 0 amide bonds. The molecular formula is C6H7Cl2NO. The van der Waals surface area contributed by atoms with Crippen LogP contribution in [0.1, 0.15) is 5.69 Å². The van der Waals surface area contributed by atoms with Gasteiger partial charge in [0.2, 0.25) is 5.69 Å². The Bertz CT molecular complexity index is 205. The number of halogens is 2. The van der Waals surface area contributed by atoms with E-state index in [9.17, 15) is 5.21 Å². The summed E-state index contributed by atoms with van der Waals surface area (Å²) in [5.41, 5.74) is 0.583. The molecule has 0 radical (unpaired) electrons. The summed E-state index contributed by atoms with van der Waals surface area (Å²) in [6.07, 6.45) is 1.43. The average molecular weight is 180 g/mol. The first-order valence-electron chi connectivity index (χ1n) is 2.57. The van der Waals surface area contributed by atoms with E-state index in [1.165, 1.54) is 6.20 Å². The molecule has 4 heteroatoms. The second-order valence-corrected chi connectivity index (χ2v) is 1.92. The molecule has 1 aromatic heterocycles. The highest BCUT2D eigenvalue weighted by atomic mass is 35.5. The second-order valence-electron chi connectivity index (χ2n) is 1.65. The molecule has 0 bridgehead atoms. The fourth-order valence-electron chi connectivity index (χ4n) is 0.567. The van der Waals surface area contributed by atoms with Gasteiger partial charge in [0, 0.05) is 12.1 Å². The maximum atomic E-state index is 10.7. The first-order chi connectivity index (χ1) is 4.34. The molecule has 0 saturated carbocycles. The van der Waals surface area contributed by atoms with Gasteiger partial charge in [0.05, 0.1) is 0 Å². The predicted molar refractivity (Wildman–Crippen MR) is 42.2 cm³/mol. The van der Waals surface area contributed by atoms with E-state index in [4.69, 9.17) is 11.6 Å². The maximum absolute atomic E-state index is 10.7. The topological polar surface area (TPSA) is 26.9 Å². The van der Waals surface area contributed by atoms with Crippen LogP contribution in [0, 0.1) is 5.21 Å². The Morgan fingerprint density at radius 1 is 1.50 bits per heavy atom. The average Bonchev–Trinajstić information content (AvgIpc) is 1.89. The third kappa shape index (κ3) is 2.05. The molecule has 0 aliphatic rings. The van der Waals surface area contributed by atoms with Crippen LogP contribution in [-0.2, 0) is 5.88 Å². The van der Waals surface area contributed by atoms with Gasteiger partial charge < -0.3 is 5.21 Å². The summed E-state index contributed by atoms with van der Waals surface area (Å²) >= 11 is 5.41. The standard InChI is InChI=1S/C6H6ClNO.ClH/c7-5-6-3-1-2-4-8(6)9;/h1-4H,5H2;1H. The maximum Gasteiger partial charge on any atom is 0.207 e. The van der Waals surface area contributed by atoms with Crippen molar-refractivity contribution in [2.45, 2.75) is 5.88 Å². The second kappa shape index (κ2) is 4.36. The summed E-state index contributed by atoms with van der Waals surface area (Å²) < 4.78 is 0.757. The minimum Gasteiger partial charge on any atom is -0.618 e. The fourth-order valence-corrected chi connectivity index (χ4v) is 0.774. The molecule has 0 saturated heterocycles. The largest absolute Gasteiger partial charge is 0.618 e. The molecule has 0 N–H and O–H groups in total. The Hall–Kier alpha value is -0.470. The minimum absolute atomic E-state index is 0. The van der Waals surface area contributed by atoms with Crippen LogP contribution in [0.4, 0.5) is 0 Å². The number of aromatic nitrogens is 1. The zero-order chi connectivity index (χ0) is 6.69. The summed E-state index contributed by atoms with van der Waals surface area (Å²) in [5.74, 6) is 0.268. The smallest absolute Gasteiger partial charge is 0.207 e. The van der Waals surface area contributed by atoms with E-state index in [1.54, 1.807) is 18.2 Å². The molecule has 0 aliphatic heterocycles. The van der Waals surface area contributed by atoms with Gasteiger partial charge in [-0.2, -0.15) is 4.73 Å². The van der Waals surface area contributed by atoms with Crippen molar-refractivity contribution in [3.63, 3.8) is 0 Å². The van der Waals surface area contributed by atoms with Crippen molar-refractivity contribution in [2.75, 3.05) is 0 Å². The Morgan fingerprint density at radius 2 is 2.20 bits per heavy atom. The lowest BCUT2D eigenvalue weighted by molar-refractivity contribution is -0.612. The molecule has 1 rings (SSSR count). The van der Waals surface area contributed by atoms with Crippen LogP contribution in [-0.4, -0.2) is 0 Å². The van der Waals surface area contributed by atoms with Crippen molar-refractivity contribution >= 4 is 24.0 Å². The van der Waals surface area contributed by atoms with Crippen molar-refractivity contribution in [2.24, 2.45) is 0 Å². The molecule has 1 heterocycles. The highest BCUT2D eigenvalue weighted by Crippen LogP contribution is 1.93. The molecule has 1 aromatic rings. The summed E-state index contributed by atoms with van der Waals surface area (Å²) in [5, 5.41) is 10.7. The van der Waals surface area contributed by atoms with Gasteiger partial charge >= 0.3 is 0 Å². The van der Waals surface area contributed by atoms with Crippen LogP contribution in [0.2, 0.25) is 0 Å². The normalized spacial score (nSPS) is 8.50. The van der Waals surface area contributed by atoms with Gasteiger partial charge in [-0.3, -0.25) is 0 Å². The quantitative estimate of drug-likeness (QED) is 0.365. The first kappa shape index (κ1) is 9.53. The third-order valence-electron chi connectivity index (χ3n) is 1.04. The Labute approximate surface area is 70.4 Å². The molecule has 56 valence electrons. The predicted octanol–water partition coefficient (Wildman–Crippen LogP) is 1.48. The van der Waals surface area contributed by atoms with Crippen molar-refractivity contribution in [3.8, 4) is 0 Å². The Kier molecular flexibility index (Phi) is 4.16. The molecule has 10 heavy (non-hydrogen) atoms. The Morgan fingerprint density at radius 3 is 2.60 bits per heavy atom. The lowest BCUT2D eigenvalue weighted by Gasteiger charge is -1.97. The lowest BCUT2D eigenvalue weighted by atomic mass is 10.4. The van der Waals surface area contributed by atoms with E-state index >= 15 is 0 Å². The van der Waals surface area contributed by atoms with Crippen LogP contribution in [0.5, 0.6) is 0 Å². The SMILES string of the molecule is Cl.[O-][n+]1ccccc1CCl. The fraction of sp³-hybridized carbons (Fsp3) is 0.167. The van der Waals surface area contributed by atoms with Gasteiger partial charge in [-0.15, -0.1) is 24.0 Å². The molecule has 0 aliphatic carbocycles. The van der Waals surface area contributed by atoms with Gasteiger partial charge in [-0.1, -0.05) is 0 Å². The number of nitrogens with zero attached hydrogens (tertiary/aromatic N) is 1. The third-order valence-corrected chi connectivity index (χ3v) is 1.31. The van der Waals surface area contributed by atoms with Crippen molar-refractivity contribution < 1.29 is 4.73 Å². The number of alkyl halides is 1. The molecule has 0 atom stereocenters. The van der Waals surface area contributed by atoms with Crippen LogP contribution >= 0.6 is 24.0 Å². The van der Waals surface area contributed by atoms with Crippen LogP contribution in [0.25, 0.3) is 0 Å². The van der Waals surface area contributed by atoms with Gasteiger partial charge in [-0.05, 0) is 6.07 Å². The summed E-state index contributed by atoms with van der Waals surface area (Å²) in [4.78, 5) is 0. The van der Waals surface area contributed by atoms with Gasteiger partial charge in [-0.25, -0.2) is 0 Å². The van der Waals surface area contributed by atoms with E-state index in [1.807, 2.05) is 0 Å². The molecule has 0 fully saturated rings. The van der Waals surface area contributed by atoms with Crippen molar-refractivity contribution in [1.29, 1.82) is 0 Å². The molecule has 0 aromatic carbocycles. The highest BCUT2D eigenvalue weighted by Gasteiger charge is 1.97. The van der Waals surface area contributed by atoms with Gasteiger partial charge in [0.1, 0.15) is 5.88 Å². The van der Waals surface area contributed by atoms with Gasteiger partial charge in [0.25, 0.3) is 0 Å². The number of pyridine rings is 1. The number of rotatable bonds is 1. The van der Waals surface area contributed by atoms with Gasteiger partial charge in [0.15, 0.2) is 6.20 Å². The zero-order valence-electron chi connectivity index (χ0n) is 5.16. The molecule has 0 spiro atoms. The monoisotopic (exact) mass is 179 g/mol. The summed E-state index contributed by atoms with van der Waals surface area (Å²) in [6.45, 7) is 0. The summed E-state index contributed by atoms with van der Waals surface area (Å²) in [7, 11) is 0. The van der Waals surface area contributed by atoms with Crippen molar-refractivity contribution in [3.05, 3.63) is 35.3 Å². The Balaban J connectivity index is 0.000000810. The van der Waals surface area contributed by atoms with E-state index in [0.29, 0.717) is 5.69 Å². The van der Waals surface area contributed by atoms with E-state index in [-0.39, 0.29) is 18.3 Å². The van der Waals surface area contributed by atoms with Crippen LogP contribution in [0.15, 0.2) is 24.4 Å². The molecule has 0 unspecified atom stereocenters. The van der Waals surface area contributed by atoms with E-state index < -0.39 is 0 Å². The lowest BCUT2D eigenvalue weighted by Crippen LogP contribution is -2.29.